The molecule has 1 heterocycles. The lowest BCUT2D eigenvalue weighted by molar-refractivity contribution is -0.118. The third-order valence-electron chi connectivity index (χ3n) is 4.57. The lowest BCUT2D eigenvalue weighted by Gasteiger charge is -2.10. The second-order valence-corrected chi connectivity index (χ2v) is 8.76. The number of nitrogens with one attached hydrogen (secondary N) is 1. The Balaban J connectivity index is 1.79. The zero-order valence-electron chi connectivity index (χ0n) is 17.2. The fraction of sp³-hybridized carbons (Fsp3) is 0.217. The number of benzene rings is 2. The maximum Gasteiger partial charge on any atom is 0.341 e. The van der Waals surface area contributed by atoms with Crippen LogP contribution in [0.4, 0.5) is 5.00 Å². The van der Waals surface area contributed by atoms with Crippen molar-refractivity contribution in [3.63, 3.8) is 0 Å². The first-order valence-corrected chi connectivity index (χ1v) is 11.1. The van der Waals surface area contributed by atoms with Gasteiger partial charge in [-0.3, -0.25) is 4.79 Å². The van der Waals surface area contributed by atoms with Gasteiger partial charge in [-0.05, 0) is 35.2 Å². The molecule has 0 atom stereocenters. The lowest BCUT2D eigenvalue weighted by atomic mass is 9.98. The zero-order valence-corrected chi connectivity index (χ0v) is 19.5. The summed E-state index contributed by atoms with van der Waals surface area (Å²) in [7, 11) is 1.31. The van der Waals surface area contributed by atoms with E-state index in [9.17, 15) is 9.59 Å². The summed E-state index contributed by atoms with van der Waals surface area (Å²) in [6.07, 6.45) is 0. The number of ether oxygens (including phenoxy) is 2. The predicted molar refractivity (Wildman–Crippen MR) is 126 cm³/mol. The third-order valence-corrected chi connectivity index (χ3v) is 6.00. The van der Waals surface area contributed by atoms with Crippen molar-refractivity contribution in [2.45, 2.75) is 19.8 Å². The van der Waals surface area contributed by atoms with Crippen LogP contribution in [0.2, 0.25) is 10.0 Å². The van der Waals surface area contributed by atoms with Gasteiger partial charge in [0.1, 0.15) is 16.3 Å². The number of hydrogen-bond acceptors (Lipinski definition) is 5. The molecule has 1 N–H and O–H groups in total. The highest BCUT2D eigenvalue weighted by atomic mass is 35.5. The zero-order chi connectivity index (χ0) is 22.5. The Morgan fingerprint density at radius 3 is 2.42 bits per heavy atom. The molecular weight excluding hydrogens is 457 g/mol. The van der Waals surface area contributed by atoms with E-state index in [4.69, 9.17) is 32.7 Å². The van der Waals surface area contributed by atoms with Gasteiger partial charge < -0.3 is 14.8 Å². The summed E-state index contributed by atoms with van der Waals surface area (Å²) in [5.41, 5.74) is 3.07. The molecule has 0 aliphatic heterocycles. The average molecular weight is 478 g/mol. The number of thiophene rings is 1. The van der Waals surface area contributed by atoms with Gasteiger partial charge in [-0.25, -0.2) is 4.79 Å². The molecule has 1 amide bonds. The Kier molecular flexibility index (Phi) is 7.59. The maximum absolute atomic E-state index is 12.5. The Hall–Kier alpha value is -2.54. The monoisotopic (exact) mass is 477 g/mol. The van der Waals surface area contributed by atoms with Crippen molar-refractivity contribution in [2.24, 2.45) is 0 Å². The first-order chi connectivity index (χ1) is 14.8. The number of rotatable bonds is 7. The molecule has 0 saturated heterocycles. The van der Waals surface area contributed by atoms with Crippen LogP contribution in [-0.4, -0.2) is 25.6 Å². The average Bonchev–Trinajstić information content (AvgIpc) is 3.16. The van der Waals surface area contributed by atoms with Crippen molar-refractivity contribution < 1.29 is 19.1 Å². The minimum atomic E-state index is -0.527. The molecule has 0 aliphatic rings. The SMILES string of the molecule is COC(=O)c1c(-c2ccc(C(C)C)cc2)csc1NC(=O)COc1ccc(Cl)cc1Cl. The summed E-state index contributed by atoms with van der Waals surface area (Å²) in [6, 6.07) is 12.7. The van der Waals surface area contributed by atoms with Gasteiger partial charge in [-0.1, -0.05) is 61.3 Å². The first kappa shape index (κ1) is 23.1. The summed E-state index contributed by atoms with van der Waals surface area (Å²) in [5.74, 6) is -0.215. The molecule has 0 radical (unpaired) electrons. The van der Waals surface area contributed by atoms with E-state index in [1.54, 1.807) is 12.1 Å². The molecule has 3 aromatic rings. The van der Waals surface area contributed by atoms with Gasteiger partial charge in [-0.15, -0.1) is 11.3 Å². The van der Waals surface area contributed by atoms with E-state index in [0.29, 0.717) is 37.8 Å². The van der Waals surface area contributed by atoms with E-state index in [0.717, 1.165) is 5.56 Å². The van der Waals surface area contributed by atoms with Gasteiger partial charge in [0, 0.05) is 16.0 Å². The number of methoxy groups -OCH3 is 1. The number of amides is 1. The van der Waals surface area contributed by atoms with Crippen molar-refractivity contribution in [3.8, 4) is 16.9 Å². The summed E-state index contributed by atoms with van der Waals surface area (Å²) < 4.78 is 10.4. The fourth-order valence-corrected chi connectivity index (χ4v) is 4.35. The molecule has 0 fully saturated rings. The highest BCUT2D eigenvalue weighted by Crippen LogP contribution is 2.36. The van der Waals surface area contributed by atoms with Crippen molar-refractivity contribution >= 4 is 51.4 Å². The van der Waals surface area contributed by atoms with Crippen molar-refractivity contribution in [3.05, 3.63) is 69.0 Å². The molecule has 0 saturated carbocycles. The number of carbonyl (C=O) groups is 2. The van der Waals surface area contributed by atoms with Crippen molar-refractivity contribution in [1.29, 1.82) is 0 Å². The second-order valence-electron chi connectivity index (χ2n) is 7.03. The van der Waals surface area contributed by atoms with Crippen LogP contribution in [0.25, 0.3) is 11.1 Å². The molecule has 31 heavy (non-hydrogen) atoms. The Labute approximate surface area is 194 Å². The van der Waals surface area contributed by atoms with Gasteiger partial charge >= 0.3 is 5.97 Å². The molecule has 1 aromatic heterocycles. The Morgan fingerprint density at radius 1 is 1.10 bits per heavy atom. The summed E-state index contributed by atoms with van der Waals surface area (Å²) in [4.78, 5) is 24.9. The molecule has 0 unspecified atom stereocenters. The third kappa shape index (κ3) is 5.58. The fourth-order valence-electron chi connectivity index (χ4n) is 2.91. The quantitative estimate of drug-likeness (QED) is 0.386. The smallest absolute Gasteiger partial charge is 0.341 e. The number of hydrogen-bond donors (Lipinski definition) is 1. The van der Waals surface area contributed by atoms with Crippen LogP contribution < -0.4 is 10.1 Å². The van der Waals surface area contributed by atoms with Crippen molar-refractivity contribution in [2.75, 3.05) is 19.0 Å². The van der Waals surface area contributed by atoms with Crippen LogP contribution in [0.3, 0.4) is 0 Å². The van der Waals surface area contributed by atoms with Gasteiger partial charge in [0.2, 0.25) is 0 Å². The second kappa shape index (κ2) is 10.2. The summed E-state index contributed by atoms with van der Waals surface area (Å²) in [5, 5.41) is 5.72. The number of carbonyl (C=O) groups excluding carboxylic acids is 2. The first-order valence-electron chi connectivity index (χ1n) is 9.48. The minimum absolute atomic E-state index is 0.279. The molecule has 2 aromatic carbocycles. The van der Waals surface area contributed by atoms with E-state index >= 15 is 0 Å². The van der Waals surface area contributed by atoms with Gasteiger partial charge in [-0.2, -0.15) is 0 Å². The number of halogens is 2. The number of anilines is 1. The van der Waals surface area contributed by atoms with Crippen LogP contribution in [0.1, 0.15) is 35.7 Å². The molecule has 0 bridgehead atoms. The Bertz CT molecular complexity index is 1090. The molecular formula is C23H21Cl2NO4S. The molecule has 3 rings (SSSR count). The highest BCUT2D eigenvalue weighted by molar-refractivity contribution is 7.15. The molecule has 5 nitrogen and oxygen atoms in total. The van der Waals surface area contributed by atoms with E-state index in [2.05, 4.69) is 19.2 Å². The van der Waals surface area contributed by atoms with Crippen LogP contribution in [0, 0.1) is 0 Å². The molecule has 8 heteroatoms. The van der Waals surface area contributed by atoms with Crippen LogP contribution in [0.5, 0.6) is 5.75 Å². The number of esters is 1. The predicted octanol–water partition coefficient (Wildman–Crippen LogP) is 6.65. The topological polar surface area (TPSA) is 64.6 Å². The lowest BCUT2D eigenvalue weighted by Crippen LogP contribution is -2.21. The highest BCUT2D eigenvalue weighted by Gasteiger charge is 2.22. The standard InChI is InChI=1S/C23H21Cl2NO4S/c1-13(2)14-4-6-15(7-5-14)17-12-31-22(21(17)23(28)29-3)26-20(27)11-30-19-9-8-16(24)10-18(19)25/h4-10,12-13H,11H2,1-3H3,(H,26,27). The van der Waals surface area contributed by atoms with E-state index in [-0.39, 0.29) is 6.61 Å². The van der Waals surface area contributed by atoms with Crippen molar-refractivity contribution in [1.82, 2.24) is 0 Å². The molecule has 0 spiro atoms. The minimum Gasteiger partial charge on any atom is -0.482 e. The largest absolute Gasteiger partial charge is 0.482 e. The van der Waals surface area contributed by atoms with Gasteiger partial charge in [0.25, 0.3) is 5.91 Å². The van der Waals surface area contributed by atoms with E-state index < -0.39 is 11.9 Å². The van der Waals surface area contributed by atoms with Crippen LogP contribution in [0.15, 0.2) is 47.8 Å². The van der Waals surface area contributed by atoms with Crippen LogP contribution in [-0.2, 0) is 9.53 Å². The molecule has 162 valence electrons. The Morgan fingerprint density at radius 2 is 1.81 bits per heavy atom. The van der Waals surface area contributed by atoms with E-state index in [1.807, 2.05) is 29.6 Å². The summed E-state index contributed by atoms with van der Waals surface area (Å²) in [6.45, 7) is 3.96. The van der Waals surface area contributed by atoms with E-state index in [1.165, 1.54) is 30.1 Å². The van der Waals surface area contributed by atoms with Gasteiger partial charge in [0.15, 0.2) is 6.61 Å². The normalized spacial score (nSPS) is 10.8. The molecule has 0 aliphatic carbocycles. The summed E-state index contributed by atoms with van der Waals surface area (Å²) >= 11 is 13.2. The maximum atomic E-state index is 12.5. The van der Waals surface area contributed by atoms with Gasteiger partial charge in [0.05, 0.1) is 12.1 Å². The van der Waals surface area contributed by atoms with Crippen LogP contribution >= 0.6 is 34.5 Å².